The lowest BCUT2D eigenvalue weighted by molar-refractivity contribution is -0.143. The van der Waals surface area contributed by atoms with E-state index in [4.69, 9.17) is 5.26 Å². The average Bonchev–Trinajstić information content (AvgIpc) is 3.45. The molecule has 152 valence electrons. The molecule has 2 aromatic rings. The van der Waals surface area contributed by atoms with Crippen molar-refractivity contribution in [3.8, 4) is 6.07 Å². The molecular weight excluding hydrogens is 364 g/mol. The molecule has 0 unspecified atom stereocenters. The van der Waals surface area contributed by atoms with Crippen LogP contribution in [-0.2, 0) is 23.1 Å². The number of hydrogen-bond acceptors (Lipinski definition) is 3. The molecule has 1 aromatic heterocycles. The molecule has 6 nitrogen and oxygen atoms in total. The van der Waals surface area contributed by atoms with Crippen LogP contribution in [0.1, 0.15) is 50.3 Å². The normalized spacial score (nSPS) is 21.7. The maximum atomic E-state index is 13.2. The predicted octanol–water partition coefficient (Wildman–Crippen LogP) is 2.98. The summed E-state index contributed by atoms with van der Waals surface area (Å²) in [6, 6.07) is 10.1. The quantitative estimate of drug-likeness (QED) is 0.803. The first kappa shape index (κ1) is 19.5. The number of amides is 2. The Kier molecular flexibility index (Phi) is 5.31. The molecule has 0 radical (unpaired) electrons. The number of rotatable bonds is 4. The molecule has 2 aliphatic rings. The number of aromatic nitrogens is 1. The molecule has 0 N–H and O–H groups in total. The topological polar surface area (TPSA) is 69.3 Å². The maximum absolute atomic E-state index is 13.2. The Bertz CT molecular complexity index is 987. The molecule has 0 aliphatic carbocycles. The van der Waals surface area contributed by atoms with Gasteiger partial charge in [-0.2, -0.15) is 5.26 Å². The smallest absolute Gasteiger partial charge is 0.245 e. The van der Waals surface area contributed by atoms with Crippen molar-refractivity contribution < 1.29 is 9.59 Å². The zero-order chi connectivity index (χ0) is 20.5. The highest BCUT2D eigenvalue weighted by atomic mass is 16.2. The van der Waals surface area contributed by atoms with E-state index >= 15 is 0 Å². The number of likely N-dealkylation sites (tertiary alicyclic amines) is 2. The van der Waals surface area contributed by atoms with E-state index in [0.29, 0.717) is 12.1 Å². The van der Waals surface area contributed by atoms with Gasteiger partial charge < -0.3 is 14.4 Å². The summed E-state index contributed by atoms with van der Waals surface area (Å²) < 4.78 is 2.16. The Balaban J connectivity index is 1.46. The first-order valence-electron chi connectivity index (χ1n) is 10.6. The average molecular weight is 393 g/mol. The summed E-state index contributed by atoms with van der Waals surface area (Å²) in [7, 11) is 2.04. The van der Waals surface area contributed by atoms with E-state index in [2.05, 4.69) is 16.7 Å². The second-order valence-corrected chi connectivity index (χ2v) is 8.32. The van der Waals surface area contributed by atoms with Gasteiger partial charge in [0.25, 0.3) is 0 Å². The third kappa shape index (κ3) is 3.62. The monoisotopic (exact) mass is 392 g/mol. The van der Waals surface area contributed by atoms with Crippen molar-refractivity contribution in [3.63, 3.8) is 0 Å². The van der Waals surface area contributed by atoms with E-state index < -0.39 is 0 Å². The van der Waals surface area contributed by atoms with Crippen molar-refractivity contribution in [2.24, 2.45) is 7.05 Å². The molecule has 2 fully saturated rings. The van der Waals surface area contributed by atoms with Crippen molar-refractivity contribution in [2.45, 2.75) is 57.5 Å². The van der Waals surface area contributed by atoms with E-state index in [1.54, 1.807) is 11.8 Å². The Morgan fingerprint density at radius 3 is 2.66 bits per heavy atom. The fraction of sp³-hybridized carbons (Fsp3) is 0.522. The van der Waals surface area contributed by atoms with E-state index in [1.807, 2.05) is 30.1 Å². The zero-order valence-corrected chi connectivity index (χ0v) is 17.2. The summed E-state index contributed by atoms with van der Waals surface area (Å²) in [6.07, 6.45) is 5.57. The van der Waals surface area contributed by atoms with Crippen LogP contribution < -0.4 is 0 Å². The molecule has 0 bridgehead atoms. The molecule has 1 aromatic carbocycles. The third-order valence-electron chi connectivity index (χ3n) is 6.61. The van der Waals surface area contributed by atoms with Crippen LogP contribution in [0.3, 0.4) is 0 Å². The number of aryl methyl sites for hydroxylation is 2. The molecule has 2 aliphatic heterocycles. The number of fused-ring (bicyclic) bond motifs is 1. The standard InChI is InChI=1S/C23H28N4O2/c1-16(28)26-11-4-6-21(26)23(29)27-12-3-5-19(27)9-10-20-14-18-8-7-17(15-24)13-22(18)25(20)2/h7-8,13-14,19,21H,3-6,9-12H2,1-2H3/t19-,21+/m0/s1. The summed E-state index contributed by atoms with van der Waals surface area (Å²) in [5.74, 6) is 0.139. The molecular formula is C23H28N4O2. The first-order valence-corrected chi connectivity index (χ1v) is 10.6. The molecule has 6 heteroatoms. The highest BCUT2D eigenvalue weighted by Gasteiger charge is 2.38. The molecule has 2 saturated heterocycles. The Morgan fingerprint density at radius 1 is 1.14 bits per heavy atom. The number of benzene rings is 1. The van der Waals surface area contributed by atoms with Gasteiger partial charge in [-0.05, 0) is 62.1 Å². The van der Waals surface area contributed by atoms with Gasteiger partial charge in [-0.25, -0.2) is 0 Å². The van der Waals surface area contributed by atoms with E-state index in [-0.39, 0.29) is 23.9 Å². The Hall–Kier alpha value is -2.81. The van der Waals surface area contributed by atoms with Crippen LogP contribution in [0.4, 0.5) is 0 Å². The minimum absolute atomic E-state index is 0.00355. The molecule has 3 heterocycles. The molecule has 2 atom stereocenters. The van der Waals surface area contributed by atoms with Gasteiger partial charge in [-0.3, -0.25) is 9.59 Å². The largest absolute Gasteiger partial charge is 0.348 e. The van der Waals surface area contributed by atoms with Crippen LogP contribution in [0.2, 0.25) is 0 Å². The van der Waals surface area contributed by atoms with Crippen LogP contribution in [0.5, 0.6) is 0 Å². The van der Waals surface area contributed by atoms with E-state index in [9.17, 15) is 9.59 Å². The second-order valence-electron chi connectivity index (χ2n) is 8.32. The summed E-state index contributed by atoms with van der Waals surface area (Å²) in [5, 5.41) is 10.3. The Morgan fingerprint density at radius 2 is 1.90 bits per heavy atom. The van der Waals surface area contributed by atoms with Gasteiger partial charge in [0, 0.05) is 44.3 Å². The lowest BCUT2D eigenvalue weighted by atomic mass is 10.1. The summed E-state index contributed by atoms with van der Waals surface area (Å²) in [4.78, 5) is 28.8. The van der Waals surface area contributed by atoms with Crippen molar-refractivity contribution in [2.75, 3.05) is 13.1 Å². The van der Waals surface area contributed by atoms with Crippen molar-refractivity contribution in [1.29, 1.82) is 5.26 Å². The van der Waals surface area contributed by atoms with Gasteiger partial charge in [-0.1, -0.05) is 6.07 Å². The fourth-order valence-electron chi connectivity index (χ4n) is 5.03. The SMILES string of the molecule is CC(=O)N1CCC[C@@H]1C(=O)N1CCC[C@H]1CCc1cc2ccc(C#N)cc2n1C. The van der Waals surface area contributed by atoms with Crippen LogP contribution in [0, 0.1) is 11.3 Å². The lowest BCUT2D eigenvalue weighted by Gasteiger charge is -2.31. The van der Waals surface area contributed by atoms with Crippen LogP contribution in [0.15, 0.2) is 24.3 Å². The van der Waals surface area contributed by atoms with Gasteiger partial charge in [0.1, 0.15) is 6.04 Å². The van der Waals surface area contributed by atoms with Crippen LogP contribution in [-0.4, -0.2) is 51.4 Å². The number of carbonyl (C=O) groups is 2. The van der Waals surface area contributed by atoms with Crippen LogP contribution >= 0.6 is 0 Å². The molecule has 2 amide bonds. The van der Waals surface area contributed by atoms with Crippen molar-refractivity contribution in [3.05, 3.63) is 35.5 Å². The van der Waals surface area contributed by atoms with Crippen molar-refractivity contribution >= 4 is 22.7 Å². The number of nitriles is 1. The Labute approximate surface area is 171 Å². The zero-order valence-electron chi connectivity index (χ0n) is 17.2. The summed E-state index contributed by atoms with van der Waals surface area (Å²) >= 11 is 0. The second kappa shape index (κ2) is 7.90. The molecule has 29 heavy (non-hydrogen) atoms. The highest BCUT2D eigenvalue weighted by Crippen LogP contribution is 2.28. The third-order valence-corrected chi connectivity index (χ3v) is 6.61. The van der Waals surface area contributed by atoms with Gasteiger partial charge in [0.15, 0.2) is 0 Å². The highest BCUT2D eigenvalue weighted by molar-refractivity contribution is 5.88. The van der Waals surface area contributed by atoms with Gasteiger partial charge >= 0.3 is 0 Å². The van der Waals surface area contributed by atoms with Gasteiger partial charge in [0.05, 0.1) is 11.6 Å². The first-order chi connectivity index (χ1) is 14.0. The predicted molar refractivity (Wildman–Crippen MR) is 111 cm³/mol. The fourth-order valence-corrected chi connectivity index (χ4v) is 5.03. The van der Waals surface area contributed by atoms with Crippen LogP contribution in [0.25, 0.3) is 10.9 Å². The molecule has 4 rings (SSSR count). The maximum Gasteiger partial charge on any atom is 0.245 e. The number of carbonyl (C=O) groups excluding carboxylic acids is 2. The molecule has 0 saturated carbocycles. The van der Waals surface area contributed by atoms with E-state index in [1.165, 1.54) is 5.69 Å². The van der Waals surface area contributed by atoms with E-state index in [0.717, 1.165) is 56.0 Å². The minimum atomic E-state index is -0.268. The summed E-state index contributed by atoms with van der Waals surface area (Å²) in [5.41, 5.74) is 2.96. The number of nitrogens with zero attached hydrogens (tertiary/aromatic N) is 4. The van der Waals surface area contributed by atoms with Crippen molar-refractivity contribution in [1.82, 2.24) is 14.4 Å². The van der Waals surface area contributed by atoms with Gasteiger partial charge in [0.2, 0.25) is 11.8 Å². The number of hydrogen-bond donors (Lipinski definition) is 0. The van der Waals surface area contributed by atoms with Gasteiger partial charge in [-0.15, -0.1) is 0 Å². The molecule has 0 spiro atoms. The lowest BCUT2D eigenvalue weighted by Crippen LogP contribution is -2.48. The summed E-state index contributed by atoms with van der Waals surface area (Å²) in [6.45, 7) is 3.06. The minimum Gasteiger partial charge on any atom is -0.348 e.